The van der Waals surface area contributed by atoms with E-state index < -0.39 is 29.9 Å². The average molecular weight is 357 g/mol. The van der Waals surface area contributed by atoms with Crippen molar-refractivity contribution in [2.45, 2.75) is 6.54 Å². The second-order valence-electron chi connectivity index (χ2n) is 5.05. The molecule has 2 N–H and O–H groups in total. The maximum absolute atomic E-state index is 12.9. The molecular weight excluding hydrogens is 345 g/mol. The third-order valence-electron chi connectivity index (χ3n) is 3.20. The zero-order valence-corrected chi connectivity index (χ0v) is 13.2. The van der Waals surface area contributed by atoms with E-state index in [-0.39, 0.29) is 11.6 Å². The summed E-state index contributed by atoms with van der Waals surface area (Å²) in [6.07, 6.45) is 1.43. The highest BCUT2D eigenvalue weighted by Crippen LogP contribution is 2.15. The lowest BCUT2D eigenvalue weighted by atomic mass is 10.2. The number of nitrogens with one attached hydrogen (secondary N) is 2. The van der Waals surface area contributed by atoms with Gasteiger partial charge in [-0.25, -0.2) is 9.18 Å². The van der Waals surface area contributed by atoms with Crippen molar-refractivity contribution < 1.29 is 18.4 Å². The molecule has 0 unspecified atom stereocenters. The minimum Gasteiger partial charge on any atom is -0.388 e. The van der Waals surface area contributed by atoms with Gasteiger partial charge in [0.2, 0.25) is 5.89 Å². The standard InChI is InChI=1S/C16H12FN5O4/c17-11-6-4-10(5-7-11)15-21-22(16(25)26-15)9-13(23)19-20-14(24)12-3-1-2-8-18-12/h1-8H,9H2,(H,19,23)(H,20,24). The molecule has 132 valence electrons. The van der Waals surface area contributed by atoms with Crippen molar-refractivity contribution >= 4 is 11.8 Å². The monoisotopic (exact) mass is 357 g/mol. The topological polar surface area (TPSA) is 119 Å². The number of pyridine rings is 1. The largest absolute Gasteiger partial charge is 0.437 e. The number of aromatic nitrogens is 3. The van der Waals surface area contributed by atoms with Gasteiger partial charge in [-0.05, 0) is 36.4 Å². The van der Waals surface area contributed by atoms with Gasteiger partial charge in [0.1, 0.15) is 18.1 Å². The van der Waals surface area contributed by atoms with Crippen molar-refractivity contribution in [3.05, 3.63) is 70.7 Å². The first-order chi connectivity index (χ1) is 12.5. The first-order valence-electron chi connectivity index (χ1n) is 7.37. The van der Waals surface area contributed by atoms with Crippen LogP contribution in [0.2, 0.25) is 0 Å². The zero-order chi connectivity index (χ0) is 18.5. The normalized spacial score (nSPS) is 10.3. The quantitative estimate of drug-likeness (QED) is 0.656. The van der Waals surface area contributed by atoms with E-state index in [2.05, 4.69) is 20.9 Å². The number of hydrazine groups is 1. The molecule has 0 bridgehead atoms. The minimum atomic E-state index is -0.865. The summed E-state index contributed by atoms with van der Waals surface area (Å²) in [4.78, 5) is 39.2. The van der Waals surface area contributed by atoms with E-state index in [1.807, 2.05) is 0 Å². The average Bonchev–Trinajstić information content (AvgIpc) is 3.01. The van der Waals surface area contributed by atoms with Crippen LogP contribution in [0.4, 0.5) is 4.39 Å². The molecule has 0 spiro atoms. The summed E-state index contributed by atoms with van der Waals surface area (Å²) >= 11 is 0. The zero-order valence-electron chi connectivity index (χ0n) is 13.2. The minimum absolute atomic E-state index is 0.0553. The molecule has 3 rings (SSSR count). The Labute approximate surface area is 145 Å². The van der Waals surface area contributed by atoms with Crippen molar-refractivity contribution in [2.24, 2.45) is 0 Å². The van der Waals surface area contributed by atoms with Gasteiger partial charge in [0.15, 0.2) is 0 Å². The van der Waals surface area contributed by atoms with Gasteiger partial charge in [-0.15, -0.1) is 5.10 Å². The molecule has 2 aromatic heterocycles. The number of halogens is 1. The van der Waals surface area contributed by atoms with Crippen LogP contribution in [0.5, 0.6) is 0 Å². The van der Waals surface area contributed by atoms with Crippen LogP contribution in [0.25, 0.3) is 11.5 Å². The molecule has 1 aromatic carbocycles. The van der Waals surface area contributed by atoms with Crippen LogP contribution in [0.1, 0.15) is 10.5 Å². The molecule has 10 heteroatoms. The second kappa shape index (κ2) is 7.38. The molecule has 2 amide bonds. The van der Waals surface area contributed by atoms with Crippen LogP contribution in [-0.2, 0) is 11.3 Å². The molecule has 0 aliphatic heterocycles. The lowest BCUT2D eigenvalue weighted by Crippen LogP contribution is -2.44. The number of amides is 2. The van der Waals surface area contributed by atoms with Crippen LogP contribution in [-0.4, -0.2) is 26.6 Å². The summed E-state index contributed by atoms with van der Waals surface area (Å²) in [6.45, 7) is -0.480. The first-order valence-corrected chi connectivity index (χ1v) is 7.37. The number of nitrogens with zero attached hydrogens (tertiary/aromatic N) is 3. The summed E-state index contributed by atoms with van der Waals surface area (Å²) < 4.78 is 18.6. The molecule has 0 radical (unpaired) electrons. The molecule has 9 nitrogen and oxygen atoms in total. The maximum Gasteiger partial charge on any atom is 0.437 e. The van der Waals surface area contributed by atoms with Gasteiger partial charge in [0.25, 0.3) is 11.8 Å². The fourth-order valence-corrected chi connectivity index (χ4v) is 1.98. The summed E-state index contributed by atoms with van der Waals surface area (Å²) in [7, 11) is 0. The molecule has 26 heavy (non-hydrogen) atoms. The Balaban J connectivity index is 1.62. The Morgan fingerprint density at radius 1 is 1.12 bits per heavy atom. The van der Waals surface area contributed by atoms with Gasteiger partial charge < -0.3 is 4.42 Å². The van der Waals surface area contributed by atoms with Crippen LogP contribution < -0.4 is 16.6 Å². The van der Waals surface area contributed by atoms with Gasteiger partial charge in [0, 0.05) is 11.8 Å². The van der Waals surface area contributed by atoms with Crippen LogP contribution in [0.15, 0.2) is 57.9 Å². The van der Waals surface area contributed by atoms with Crippen LogP contribution >= 0.6 is 0 Å². The number of rotatable bonds is 4. The van der Waals surface area contributed by atoms with Gasteiger partial charge in [-0.3, -0.25) is 25.4 Å². The molecule has 0 atom stereocenters. The second-order valence-corrected chi connectivity index (χ2v) is 5.05. The van der Waals surface area contributed by atoms with E-state index in [1.54, 1.807) is 12.1 Å². The smallest absolute Gasteiger partial charge is 0.388 e. The predicted molar refractivity (Wildman–Crippen MR) is 86.0 cm³/mol. The van der Waals surface area contributed by atoms with Crippen LogP contribution in [0, 0.1) is 5.82 Å². The molecule has 0 saturated carbocycles. The predicted octanol–water partition coefficient (Wildman–Crippen LogP) is 0.499. The molecule has 2 heterocycles. The van der Waals surface area contributed by atoms with Crippen molar-refractivity contribution in [2.75, 3.05) is 0 Å². The summed E-state index contributed by atoms with van der Waals surface area (Å²) in [5.41, 5.74) is 4.81. The number of hydrogen-bond acceptors (Lipinski definition) is 6. The molecular formula is C16H12FN5O4. The SMILES string of the molecule is O=C(Cn1nc(-c2ccc(F)cc2)oc1=O)NNC(=O)c1ccccn1. The van der Waals surface area contributed by atoms with E-state index in [0.29, 0.717) is 5.56 Å². The molecule has 0 aliphatic carbocycles. The van der Waals surface area contributed by atoms with Gasteiger partial charge in [0.05, 0.1) is 0 Å². The third kappa shape index (κ3) is 3.98. The third-order valence-corrected chi connectivity index (χ3v) is 3.20. The number of carbonyl (C=O) groups excluding carboxylic acids is 2. The Hall–Kier alpha value is -3.82. The Morgan fingerprint density at radius 2 is 1.88 bits per heavy atom. The lowest BCUT2D eigenvalue weighted by molar-refractivity contribution is -0.122. The fraction of sp³-hybridized carbons (Fsp3) is 0.0625. The molecule has 0 fully saturated rings. The van der Waals surface area contributed by atoms with Crippen molar-refractivity contribution in [3.8, 4) is 11.5 Å². The Kier molecular flexibility index (Phi) is 4.83. The summed E-state index contributed by atoms with van der Waals surface area (Å²) in [5.74, 6) is -2.68. The molecule has 0 aliphatic rings. The van der Waals surface area contributed by atoms with E-state index in [0.717, 1.165) is 4.68 Å². The van der Waals surface area contributed by atoms with Crippen molar-refractivity contribution in [3.63, 3.8) is 0 Å². The highest BCUT2D eigenvalue weighted by molar-refractivity contribution is 5.93. The first kappa shape index (κ1) is 17.0. The summed E-state index contributed by atoms with van der Waals surface area (Å²) in [5, 5.41) is 3.86. The van der Waals surface area contributed by atoms with Crippen molar-refractivity contribution in [1.82, 2.24) is 25.6 Å². The number of carbonyl (C=O) groups is 2. The Bertz CT molecular complexity index is 982. The highest BCUT2D eigenvalue weighted by Gasteiger charge is 2.14. The maximum atomic E-state index is 12.9. The lowest BCUT2D eigenvalue weighted by Gasteiger charge is -2.06. The fourth-order valence-electron chi connectivity index (χ4n) is 1.98. The van der Waals surface area contributed by atoms with E-state index in [1.165, 1.54) is 36.5 Å². The highest BCUT2D eigenvalue weighted by atomic mass is 19.1. The van der Waals surface area contributed by atoms with E-state index >= 15 is 0 Å². The Morgan fingerprint density at radius 3 is 2.58 bits per heavy atom. The molecule has 0 saturated heterocycles. The van der Waals surface area contributed by atoms with Crippen molar-refractivity contribution in [1.29, 1.82) is 0 Å². The van der Waals surface area contributed by atoms with Crippen LogP contribution in [0.3, 0.4) is 0 Å². The summed E-state index contributed by atoms with van der Waals surface area (Å²) in [6, 6.07) is 9.89. The van der Waals surface area contributed by atoms with E-state index in [9.17, 15) is 18.8 Å². The van der Waals surface area contributed by atoms with E-state index in [4.69, 9.17) is 4.42 Å². The molecule has 3 aromatic rings. The van der Waals surface area contributed by atoms with Gasteiger partial charge >= 0.3 is 5.76 Å². The number of benzene rings is 1. The van der Waals surface area contributed by atoms with Gasteiger partial charge in [-0.2, -0.15) is 4.68 Å². The van der Waals surface area contributed by atoms with Gasteiger partial charge in [-0.1, -0.05) is 6.07 Å². The number of hydrogen-bond donors (Lipinski definition) is 2.